The van der Waals surface area contributed by atoms with Crippen LogP contribution in [0.15, 0.2) is 188 Å². The summed E-state index contributed by atoms with van der Waals surface area (Å²) in [5.41, 5.74) is 37.9. The number of carbonyl (C=O) groups excluding carboxylic acids is 5. The van der Waals surface area contributed by atoms with E-state index in [4.69, 9.17) is 51.3 Å². The molecule has 0 aliphatic heterocycles. The first-order valence-corrected chi connectivity index (χ1v) is 32.4. The molecule has 18 N–H and O–H groups in total. The first-order valence-electron chi connectivity index (χ1n) is 32.4. The minimum absolute atomic E-state index is 0. The molecule has 0 saturated heterocycles. The van der Waals surface area contributed by atoms with Crippen molar-refractivity contribution in [3.05, 3.63) is 279 Å². The van der Waals surface area contributed by atoms with Gasteiger partial charge in [0, 0.05) is 50.9 Å². The molecule has 538 valence electrons. The van der Waals surface area contributed by atoms with Crippen molar-refractivity contribution in [3.8, 4) is 23.1 Å². The monoisotopic (exact) mass is 1410 g/mol. The van der Waals surface area contributed by atoms with Crippen LogP contribution in [0.2, 0.25) is 0 Å². The van der Waals surface area contributed by atoms with Gasteiger partial charge in [0.1, 0.15) is 23.0 Å². The Bertz CT molecular complexity index is 4710. The third-order valence-corrected chi connectivity index (χ3v) is 16.1. The van der Waals surface area contributed by atoms with E-state index >= 15 is 0 Å². The lowest BCUT2D eigenvalue weighted by Crippen LogP contribution is -2.27. The van der Waals surface area contributed by atoms with Gasteiger partial charge in [0.05, 0.1) is 58.7 Å². The fraction of sp³-hybridized carbons (Fsp3) is 0.224. The largest absolute Gasteiger partial charge is 0.477 e. The van der Waals surface area contributed by atoms with Crippen LogP contribution in [0.3, 0.4) is 0 Å². The highest BCUT2D eigenvalue weighted by Crippen LogP contribution is 2.34. The summed E-state index contributed by atoms with van der Waals surface area (Å²) < 4.78 is 33.5. The minimum Gasteiger partial charge on any atom is -0.477 e. The lowest BCUT2D eigenvalue weighted by Gasteiger charge is -2.21. The van der Waals surface area contributed by atoms with Gasteiger partial charge >= 0.3 is 5.97 Å². The Labute approximate surface area is 600 Å². The van der Waals surface area contributed by atoms with E-state index in [-0.39, 0.29) is 79.0 Å². The average Bonchev–Trinajstić information content (AvgIpc) is 1.58. The summed E-state index contributed by atoms with van der Waals surface area (Å²) in [6, 6.07) is 54.0. The fourth-order valence-corrected chi connectivity index (χ4v) is 10.5. The number of aromatic carboxylic acids is 1. The maximum absolute atomic E-state index is 14.9. The maximum Gasteiger partial charge on any atom is 0.354 e. The molecule has 0 spiro atoms. The highest BCUT2D eigenvalue weighted by Gasteiger charge is 2.28. The van der Waals surface area contributed by atoms with Crippen LogP contribution in [0.1, 0.15) is 149 Å². The van der Waals surface area contributed by atoms with Gasteiger partial charge in [0.25, 0.3) is 29.5 Å². The summed E-state index contributed by atoms with van der Waals surface area (Å²) in [5.74, 6) is -4.89. The number of hydrogen-bond acceptors (Lipinski definition) is 16. The van der Waals surface area contributed by atoms with Crippen molar-refractivity contribution >= 4 is 52.6 Å². The van der Waals surface area contributed by atoms with Gasteiger partial charge in [-0.05, 0) is 145 Å². The highest BCUT2D eigenvalue weighted by molar-refractivity contribution is 6.06. The zero-order valence-corrected chi connectivity index (χ0v) is 55.2. The van der Waals surface area contributed by atoms with Gasteiger partial charge in [-0.1, -0.05) is 118 Å². The van der Waals surface area contributed by atoms with Crippen LogP contribution in [-0.2, 0) is 6.54 Å². The van der Waals surface area contributed by atoms with Crippen molar-refractivity contribution in [1.82, 2.24) is 45.3 Å². The number of rotatable bonds is 26. The Kier molecular flexibility index (Phi) is 28.7. The van der Waals surface area contributed by atoms with Crippen molar-refractivity contribution < 1.29 is 42.7 Å². The number of aromatic nitrogens is 6. The van der Waals surface area contributed by atoms with Crippen molar-refractivity contribution in [2.45, 2.75) is 59.2 Å². The maximum atomic E-state index is 14.9. The lowest BCUT2D eigenvalue weighted by molar-refractivity contribution is 0.0685. The predicted octanol–water partition coefficient (Wildman–Crippen LogP) is 9.22. The number of primary amides is 3. The van der Waals surface area contributed by atoms with Crippen molar-refractivity contribution in [2.75, 3.05) is 49.9 Å². The smallest absolute Gasteiger partial charge is 0.354 e. The van der Waals surface area contributed by atoms with Gasteiger partial charge in [-0.3, -0.25) is 24.0 Å². The second kappa shape index (κ2) is 37.9. The standard InChI is InChI=1S/C29H25FN6O2.C29H29FN6O2.C12H8N4O3.C4H13N3.2CH4/c1-32-21-8-5-9-22(15-21)36-26(16-25(35-36)28(31)37)29(38)34-24-14-20(12-13-23(24)30)27(33-17-18-10-11-18)19-6-3-2-4-7-19;30-23-12-11-21(27(33-17-18-9-10-18)20-6-2-1-3-7-20)14-24(23)34-29(38)26-15-25(28(32)37)35-36(26)22-8-4-5-19(13-22)16-31;13-6-7-2-1-3-8(4-7)16-10(12(18)19)5-9(15-16)11(14)17;5-1-3-7-4-2-6;;/h2-9,12-16,18,27,33H,10-11,17H2,(H2,31,37)(H,34,38);1-8,11-15,18,27,33H,9-10,16-17,31H2,(H2,32,37)(H,34,38);1-5H,(H2,14,17)(H,18,19);7H,1-6H2;2*1H4. The van der Waals surface area contributed by atoms with E-state index in [2.05, 4.69) is 46.7 Å². The summed E-state index contributed by atoms with van der Waals surface area (Å²) in [6.07, 6.45) is 4.79. The van der Waals surface area contributed by atoms with E-state index in [9.17, 15) is 37.5 Å². The molecule has 26 nitrogen and oxygen atoms in total. The first-order chi connectivity index (χ1) is 49.3. The van der Waals surface area contributed by atoms with E-state index in [0.29, 0.717) is 53.2 Å². The number of nitriles is 1. The molecule has 0 bridgehead atoms. The predicted molar refractivity (Wildman–Crippen MR) is 393 cm³/mol. The fourth-order valence-electron chi connectivity index (χ4n) is 10.5. The summed E-state index contributed by atoms with van der Waals surface area (Å²) in [4.78, 5) is 76.0. The number of halogens is 2. The summed E-state index contributed by atoms with van der Waals surface area (Å²) in [5, 5.41) is 45.6. The molecule has 2 aliphatic rings. The Morgan fingerprint density at radius 2 is 0.942 bits per heavy atom. The van der Waals surface area contributed by atoms with Gasteiger partial charge in [-0.15, -0.1) is 0 Å². The van der Waals surface area contributed by atoms with Crippen LogP contribution in [0, 0.1) is 41.4 Å². The van der Waals surface area contributed by atoms with E-state index in [1.807, 2.05) is 72.8 Å². The zero-order valence-electron chi connectivity index (χ0n) is 55.2. The Morgan fingerprint density at radius 1 is 0.529 bits per heavy atom. The number of carboxylic acids is 1. The number of carbonyl (C=O) groups is 6. The number of nitrogens with zero attached hydrogens (tertiary/aromatic N) is 8. The summed E-state index contributed by atoms with van der Waals surface area (Å²) in [7, 11) is 0. The summed E-state index contributed by atoms with van der Waals surface area (Å²) >= 11 is 0. The quantitative estimate of drug-likeness (QED) is 0.0177. The average molecular weight is 1410 g/mol. The molecule has 2 unspecified atom stereocenters. The second-order valence-electron chi connectivity index (χ2n) is 23.7. The van der Waals surface area contributed by atoms with E-state index in [1.54, 1.807) is 78.9 Å². The Hall–Kier alpha value is -12.4. The number of nitrogens with two attached hydrogens (primary N) is 6. The number of hydrogen-bond donors (Lipinski definition) is 12. The van der Waals surface area contributed by atoms with Crippen molar-refractivity contribution in [3.63, 3.8) is 0 Å². The van der Waals surface area contributed by atoms with Gasteiger partial charge in [-0.2, -0.15) is 20.6 Å². The molecular weight excluding hydrogens is 1330 g/mol. The van der Waals surface area contributed by atoms with Crippen LogP contribution in [0.25, 0.3) is 21.9 Å². The molecule has 10 aromatic rings. The lowest BCUT2D eigenvalue weighted by atomic mass is 9.97. The van der Waals surface area contributed by atoms with E-state index in [0.717, 1.165) is 64.7 Å². The number of anilines is 2. The van der Waals surface area contributed by atoms with E-state index < -0.39 is 47.1 Å². The molecule has 2 atom stereocenters. The molecule has 7 aromatic carbocycles. The first kappa shape index (κ1) is 78.9. The minimum atomic E-state index is -1.25. The van der Waals surface area contributed by atoms with Crippen LogP contribution in [0.5, 0.6) is 0 Å². The molecule has 2 saturated carbocycles. The van der Waals surface area contributed by atoms with Crippen molar-refractivity contribution in [1.29, 1.82) is 5.26 Å². The molecule has 12 rings (SSSR count). The molecule has 5 amide bonds. The number of benzene rings is 7. The molecule has 2 aliphatic carbocycles. The topological polar surface area (TPSA) is 421 Å². The molecule has 104 heavy (non-hydrogen) atoms. The van der Waals surface area contributed by atoms with Crippen LogP contribution >= 0.6 is 0 Å². The molecule has 0 radical (unpaired) electrons. The third-order valence-electron chi connectivity index (χ3n) is 16.1. The summed E-state index contributed by atoms with van der Waals surface area (Å²) in [6.45, 7) is 12.4. The van der Waals surface area contributed by atoms with E-state index in [1.165, 1.54) is 71.4 Å². The SMILES string of the molecule is C.C.N#Cc1cccc(-n2nc(C(N)=O)cc2C(=O)O)c1.NCCNCCN.NCc1cccc(-n2nc(C(N)=O)cc2C(=O)Nc2cc(C(NCC3CC3)c3ccccc3)ccc2F)c1.[C-]#[N+]c1cccc(-n2nc(C(N)=O)cc2C(=O)Nc2cc(C(NCC3CC3)c3ccccc3)ccc2F)c1. The molecule has 3 aromatic heterocycles. The third kappa shape index (κ3) is 21.3. The molecule has 28 heteroatoms. The van der Waals surface area contributed by atoms with Gasteiger partial charge in [-0.25, -0.2) is 32.5 Å². The van der Waals surface area contributed by atoms with Gasteiger partial charge in [0.2, 0.25) is 0 Å². The van der Waals surface area contributed by atoms with Crippen LogP contribution < -0.4 is 61.0 Å². The Balaban J connectivity index is 0.000000216. The van der Waals surface area contributed by atoms with Crippen molar-refractivity contribution in [2.24, 2.45) is 46.2 Å². The van der Waals surface area contributed by atoms with Crippen LogP contribution in [0.4, 0.5) is 25.8 Å². The number of nitrogens with one attached hydrogen (secondary N) is 5. The molecular formula is C76H83F2N19O7. The second-order valence-corrected chi connectivity index (χ2v) is 23.7. The van der Waals surface area contributed by atoms with Crippen LogP contribution in [-0.4, -0.2) is 109 Å². The number of amides is 5. The normalized spacial score (nSPS) is 12.4. The zero-order chi connectivity index (χ0) is 72.8. The number of carboxylic acid groups (broad SMARTS) is 1. The molecule has 3 heterocycles. The highest BCUT2D eigenvalue weighted by atomic mass is 19.1. The van der Waals surface area contributed by atoms with Gasteiger partial charge < -0.3 is 66.1 Å². The Morgan fingerprint density at radius 3 is 1.35 bits per heavy atom. The van der Waals surface area contributed by atoms with Gasteiger partial charge in [0.15, 0.2) is 28.5 Å². The molecule has 2 fully saturated rings.